The lowest BCUT2D eigenvalue weighted by Gasteiger charge is -2.14. The van der Waals surface area contributed by atoms with Gasteiger partial charge in [0.05, 0.1) is 5.92 Å². The molecule has 0 saturated carbocycles. The molecule has 0 bridgehead atoms. The summed E-state index contributed by atoms with van der Waals surface area (Å²) in [5.74, 6) is -3.30. The Hall–Kier alpha value is -2.21. The van der Waals surface area contributed by atoms with Gasteiger partial charge in [-0.05, 0) is 48.9 Å². The predicted octanol–water partition coefficient (Wildman–Crippen LogP) is 3.59. The van der Waals surface area contributed by atoms with Crippen LogP contribution in [-0.2, 0) is 4.79 Å². The Balaban J connectivity index is 2.53. The highest BCUT2D eigenvalue weighted by atomic mass is 79.9. The van der Waals surface area contributed by atoms with Crippen LogP contribution in [0.4, 0.5) is 10.1 Å². The van der Waals surface area contributed by atoms with Crippen LogP contribution in [-0.4, -0.2) is 16.9 Å². The number of hydrogen-bond acceptors (Lipinski definition) is 3. The first kappa shape index (κ1) is 16.2. The zero-order chi connectivity index (χ0) is 16.4. The normalized spacial score (nSPS) is 12.0. The molecular formula is C16H13BrFNO3. The first-order valence-electron chi connectivity index (χ1n) is 6.43. The van der Waals surface area contributed by atoms with E-state index >= 15 is 0 Å². The zero-order valence-corrected chi connectivity index (χ0v) is 13.2. The smallest absolute Gasteiger partial charge is 0.310 e. The number of carboxylic acid groups (broad SMARTS) is 1. The number of carbonyl (C=O) groups is 2. The van der Waals surface area contributed by atoms with Gasteiger partial charge in [-0.2, -0.15) is 0 Å². The van der Waals surface area contributed by atoms with Gasteiger partial charge >= 0.3 is 5.97 Å². The van der Waals surface area contributed by atoms with Crippen molar-refractivity contribution in [2.75, 3.05) is 5.73 Å². The number of anilines is 1. The minimum absolute atomic E-state index is 0.00998. The molecule has 0 saturated heterocycles. The topological polar surface area (TPSA) is 80.4 Å². The molecule has 0 aliphatic carbocycles. The summed E-state index contributed by atoms with van der Waals surface area (Å²) < 4.78 is 14.6. The van der Waals surface area contributed by atoms with E-state index in [0.717, 1.165) is 16.6 Å². The molecule has 22 heavy (non-hydrogen) atoms. The number of nitrogens with two attached hydrogens (primary N) is 1. The highest BCUT2D eigenvalue weighted by molar-refractivity contribution is 9.10. The largest absolute Gasteiger partial charge is 0.481 e. The number of rotatable bonds is 4. The third-order valence-corrected chi connectivity index (χ3v) is 3.89. The Morgan fingerprint density at radius 1 is 1.23 bits per heavy atom. The number of ketones is 1. The quantitative estimate of drug-likeness (QED) is 0.640. The lowest BCUT2D eigenvalue weighted by atomic mass is 9.93. The molecule has 0 heterocycles. The van der Waals surface area contributed by atoms with E-state index in [9.17, 15) is 14.0 Å². The fourth-order valence-electron chi connectivity index (χ4n) is 2.08. The Bertz CT molecular complexity index is 744. The van der Waals surface area contributed by atoms with Gasteiger partial charge in [0.1, 0.15) is 5.82 Å². The van der Waals surface area contributed by atoms with Crippen molar-refractivity contribution in [3.8, 4) is 0 Å². The number of carboxylic acids is 1. The molecule has 1 unspecified atom stereocenters. The van der Waals surface area contributed by atoms with Crippen molar-refractivity contribution in [3.63, 3.8) is 0 Å². The van der Waals surface area contributed by atoms with Crippen LogP contribution in [0, 0.1) is 5.82 Å². The average molecular weight is 366 g/mol. The molecule has 4 nitrogen and oxygen atoms in total. The lowest BCUT2D eigenvalue weighted by molar-refractivity contribution is -0.138. The molecule has 6 heteroatoms. The molecule has 0 aliphatic heterocycles. The average Bonchev–Trinajstić information content (AvgIpc) is 2.48. The summed E-state index contributed by atoms with van der Waals surface area (Å²) in [5.41, 5.74) is 6.29. The summed E-state index contributed by atoms with van der Waals surface area (Å²) in [6, 6.07) is 8.60. The third kappa shape index (κ3) is 3.17. The minimum Gasteiger partial charge on any atom is -0.481 e. The van der Waals surface area contributed by atoms with E-state index in [1.807, 2.05) is 0 Å². The molecule has 114 valence electrons. The lowest BCUT2D eigenvalue weighted by Crippen LogP contribution is -2.14. The van der Waals surface area contributed by atoms with Crippen LogP contribution in [0.15, 0.2) is 40.9 Å². The van der Waals surface area contributed by atoms with Crippen LogP contribution in [0.25, 0.3) is 0 Å². The van der Waals surface area contributed by atoms with Crippen molar-refractivity contribution in [2.45, 2.75) is 12.8 Å². The summed E-state index contributed by atoms with van der Waals surface area (Å²) in [7, 11) is 0. The van der Waals surface area contributed by atoms with Gasteiger partial charge in [0.2, 0.25) is 0 Å². The van der Waals surface area contributed by atoms with Gasteiger partial charge in [-0.15, -0.1) is 0 Å². The van der Waals surface area contributed by atoms with Gasteiger partial charge in [-0.25, -0.2) is 4.39 Å². The standard InChI is InChI=1S/C16H13BrFNO3/c1-8(16(21)22)12-6-11(18)7-13(14(12)19)15(20)9-2-4-10(17)5-3-9/h2-8H,19H2,1H3,(H,21,22). The Morgan fingerprint density at radius 2 is 1.82 bits per heavy atom. The number of nitrogen functional groups attached to an aromatic ring is 1. The van der Waals surface area contributed by atoms with E-state index in [0.29, 0.717) is 5.56 Å². The van der Waals surface area contributed by atoms with Gasteiger partial charge in [-0.3, -0.25) is 9.59 Å². The van der Waals surface area contributed by atoms with Crippen molar-refractivity contribution in [1.29, 1.82) is 0 Å². The highest BCUT2D eigenvalue weighted by Crippen LogP contribution is 2.29. The number of carbonyl (C=O) groups excluding carboxylic acids is 1. The van der Waals surface area contributed by atoms with Crippen LogP contribution in [0.5, 0.6) is 0 Å². The summed E-state index contributed by atoms with van der Waals surface area (Å²) in [4.78, 5) is 23.5. The van der Waals surface area contributed by atoms with E-state index < -0.39 is 23.5 Å². The Morgan fingerprint density at radius 3 is 2.36 bits per heavy atom. The Kier molecular flexibility index (Phi) is 4.61. The van der Waals surface area contributed by atoms with E-state index in [-0.39, 0.29) is 16.8 Å². The fraction of sp³-hybridized carbons (Fsp3) is 0.125. The second-order valence-electron chi connectivity index (χ2n) is 4.85. The van der Waals surface area contributed by atoms with Crippen molar-refractivity contribution >= 4 is 33.4 Å². The predicted molar refractivity (Wildman–Crippen MR) is 84.4 cm³/mol. The van der Waals surface area contributed by atoms with Crippen molar-refractivity contribution in [3.05, 3.63) is 63.4 Å². The van der Waals surface area contributed by atoms with Gasteiger partial charge in [0.25, 0.3) is 0 Å². The first-order chi connectivity index (χ1) is 10.3. The molecule has 2 rings (SSSR count). The molecule has 2 aromatic carbocycles. The molecule has 3 N–H and O–H groups in total. The molecule has 0 spiro atoms. The van der Waals surface area contributed by atoms with Gasteiger partial charge < -0.3 is 10.8 Å². The number of halogens is 2. The molecular weight excluding hydrogens is 353 g/mol. The highest BCUT2D eigenvalue weighted by Gasteiger charge is 2.23. The van der Waals surface area contributed by atoms with Crippen molar-refractivity contribution < 1.29 is 19.1 Å². The second-order valence-corrected chi connectivity index (χ2v) is 5.77. The molecule has 1 atom stereocenters. The maximum Gasteiger partial charge on any atom is 0.310 e. The number of aliphatic carboxylic acids is 1. The monoisotopic (exact) mass is 365 g/mol. The number of hydrogen-bond donors (Lipinski definition) is 2. The maximum atomic E-state index is 13.8. The summed E-state index contributed by atoms with van der Waals surface area (Å²) in [6.07, 6.45) is 0. The SMILES string of the molecule is CC(C(=O)O)c1cc(F)cc(C(=O)c2ccc(Br)cc2)c1N. The van der Waals surface area contributed by atoms with Crippen LogP contribution in [0.1, 0.15) is 34.3 Å². The van der Waals surface area contributed by atoms with E-state index in [1.54, 1.807) is 24.3 Å². The van der Waals surface area contributed by atoms with Crippen LogP contribution < -0.4 is 5.73 Å². The fourth-order valence-corrected chi connectivity index (χ4v) is 2.34. The summed E-state index contributed by atoms with van der Waals surface area (Å²) in [5, 5.41) is 9.06. The Labute approximate surface area is 134 Å². The van der Waals surface area contributed by atoms with Crippen molar-refractivity contribution in [1.82, 2.24) is 0 Å². The first-order valence-corrected chi connectivity index (χ1v) is 7.22. The molecule has 0 aromatic heterocycles. The van der Waals surface area contributed by atoms with E-state index in [2.05, 4.69) is 15.9 Å². The summed E-state index contributed by atoms with van der Waals surface area (Å²) in [6.45, 7) is 1.39. The molecule has 0 fully saturated rings. The third-order valence-electron chi connectivity index (χ3n) is 3.36. The molecule has 2 aromatic rings. The van der Waals surface area contributed by atoms with Crippen LogP contribution in [0.2, 0.25) is 0 Å². The maximum absolute atomic E-state index is 13.8. The molecule has 0 radical (unpaired) electrons. The van der Waals surface area contributed by atoms with Gasteiger partial charge in [0.15, 0.2) is 5.78 Å². The second kappa shape index (κ2) is 6.27. The molecule has 0 aliphatic rings. The minimum atomic E-state index is -1.14. The van der Waals surface area contributed by atoms with Gasteiger partial charge in [0, 0.05) is 21.3 Å². The van der Waals surface area contributed by atoms with E-state index in [4.69, 9.17) is 10.8 Å². The number of benzene rings is 2. The van der Waals surface area contributed by atoms with E-state index in [1.165, 1.54) is 6.92 Å². The van der Waals surface area contributed by atoms with Crippen LogP contribution >= 0.6 is 15.9 Å². The van der Waals surface area contributed by atoms with Gasteiger partial charge in [-0.1, -0.05) is 15.9 Å². The zero-order valence-electron chi connectivity index (χ0n) is 11.6. The van der Waals surface area contributed by atoms with Crippen LogP contribution in [0.3, 0.4) is 0 Å². The van der Waals surface area contributed by atoms with Crippen molar-refractivity contribution in [2.24, 2.45) is 0 Å². The summed E-state index contributed by atoms with van der Waals surface area (Å²) >= 11 is 3.26. The molecule has 0 amide bonds.